The standard InChI is InChI=1S/C10H18N2O/c1-2-3-4-11-5-7-12(8-6-11)9-10-13/h13H,4-10H2,1H3. The Labute approximate surface area is 80.3 Å². The molecule has 1 saturated heterocycles. The van der Waals surface area contributed by atoms with Gasteiger partial charge in [0.15, 0.2) is 0 Å². The highest BCUT2D eigenvalue weighted by Gasteiger charge is 2.14. The Hall–Kier alpha value is -0.560. The Morgan fingerprint density at radius 2 is 1.77 bits per heavy atom. The molecule has 0 atom stereocenters. The molecule has 1 aliphatic rings. The molecule has 0 radical (unpaired) electrons. The summed E-state index contributed by atoms with van der Waals surface area (Å²) in [6.45, 7) is 8.13. The first-order chi connectivity index (χ1) is 6.36. The Balaban J connectivity index is 2.17. The van der Waals surface area contributed by atoms with Crippen molar-refractivity contribution in [2.24, 2.45) is 0 Å². The maximum absolute atomic E-state index is 8.75. The maximum atomic E-state index is 8.75. The van der Waals surface area contributed by atoms with Crippen LogP contribution in [0.2, 0.25) is 0 Å². The molecular formula is C10H18N2O. The van der Waals surface area contributed by atoms with Gasteiger partial charge in [-0.2, -0.15) is 0 Å². The molecule has 0 saturated carbocycles. The molecule has 0 spiro atoms. The van der Waals surface area contributed by atoms with Crippen LogP contribution >= 0.6 is 0 Å². The quantitative estimate of drug-likeness (QED) is 0.603. The summed E-state index contributed by atoms with van der Waals surface area (Å²) in [5.74, 6) is 5.98. The number of β-amino-alcohol motifs (C(OH)–C–C–N with tert-alkyl or cyclic N) is 1. The van der Waals surface area contributed by atoms with Gasteiger partial charge in [0.1, 0.15) is 0 Å². The van der Waals surface area contributed by atoms with Crippen molar-refractivity contribution >= 4 is 0 Å². The van der Waals surface area contributed by atoms with E-state index in [4.69, 9.17) is 5.11 Å². The highest BCUT2D eigenvalue weighted by atomic mass is 16.3. The molecule has 0 aromatic rings. The van der Waals surface area contributed by atoms with E-state index in [2.05, 4.69) is 21.6 Å². The van der Waals surface area contributed by atoms with Crippen molar-refractivity contribution in [3.8, 4) is 11.8 Å². The van der Waals surface area contributed by atoms with Crippen LogP contribution in [-0.2, 0) is 0 Å². The molecule has 1 fully saturated rings. The van der Waals surface area contributed by atoms with Gasteiger partial charge in [0, 0.05) is 32.7 Å². The first-order valence-corrected chi connectivity index (χ1v) is 4.82. The average Bonchev–Trinajstić information content (AvgIpc) is 2.17. The van der Waals surface area contributed by atoms with Gasteiger partial charge in [-0.15, -0.1) is 5.92 Å². The van der Waals surface area contributed by atoms with Crippen molar-refractivity contribution in [2.45, 2.75) is 6.92 Å². The highest BCUT2D eigenvalue weighted by molar-refractivity contribution is 4.98. The minimum Gasteiger partial charge on any atom is -0.395 e. The zero-order chi connectivity index (χ0) is 9.52. The second kappa shape index (κ2) is 5.98. The molecule has 74 valence electrons. The summed E-state index contributed by atoms with van der Waals surface area (Å²) in [7, 11) is 0. The predicted molar refractivity (Wildman–Crippen MR) is 53.4 cm³/mol. The fourth-order valence-corrected chi connectivity index (χ4v) is 1.50. The topological polar surface area (TPSA) is 26.7 Å². The zero-order valence-corrected chi connectivity index (χ0v) is 8.29. The summed E-state index contributed by atoms with van der Waals surface area (Å²) in [5, 5.41) is 8.75. The summed E-state index contributed by atoms with van der Waals surface area (Å²) in [5.41, 5.74) is 0. The first-order valence-electron chi connectivity index (χ1n) is 4.82. The van der Waals surface area contributed by atoms with Gasteiger partial charge < -0.3 is 5.11 Å². The average molecular weight is 182 g/mol. The molecule has 1 N–H and O–H groups in total. The summed E-state index contributed by atoms with van der Waals surface area (Å²) in [4.78, 5) is 4.64. The smallest absolute Gasteiger partial charge is 0.0602 e. The van der Waals surface area contributed by atoms with E-state index in [0.29, 0.717) is 0 Å². The molecule has 1 aliphatic heterocycles. The zero-order valence-electron chi connectivity index (χ0n) is 8.29. The van der Waals surface area contributed by atoms with Crippen molar-refractivity contribution in [1.82, 2.24) is 9.80 Å². The molecule has 0 aliphatic carbocycles. The van der Waals surface area contributed by atoms with Crippen LogP contribution in [0.3, 0.4) is 0 Å². The minimum atomic E-state index is 0.273. The number of hydrogen-bond donors (Lipinski definition) is 1. The molecule has 3 heteroatoms. The van der Waals surface area contributed by atoms with Gasteiger partial charge in [0.05, 0.1) is 13.2 Å². The lowest BCUT2D eigenvalue weighted by atomic mass is 10.3. The number of piperazine rings is 1. The third-order valence-electron chi connectivity index (χ3n) is 2.36. The number of nitrogens with zero attached hydrogens (tertiary/aromatic N) is 2. The van der Waals surface area contributed by atoms with E-state index in [1.165, 1.54) is 0 Å². The third kappa shape index (κ3) is 3.77. The number of rotatable bonds is 3. The van der Waals surface area contributed by atoms with E-state index in [1.54, 1.807) is 0 Å². The molecule has 0 amide bonds. The molecule has 0 bridgehead atoms. The monoisotopic (exact) mass is 182 g/mol. The van der Waals surface area contributed by atoms with Crippen LogP contribution in [0.5, 0.6) is 0 Å². The van der Waals surface area contributed by atoms with Crippen LogP contribution in [0.1, 0.15) is 6.92 Å². The van der Waals surface area contributed by atoms with Gasteiger partial charge >= 0.3 is 0 Å². The Morgan fingerprint density at radius 3 is 2.31 bits per heavy atom. The second-order valence-corrected chi connectivity index (χ2v) is 3.27. The lowest BCUT2D eigenvalue weighted by molar-refractivity contribution is 0.121. The third-order valence-corrected chi connectivity index (χ3v) is 2.36. The summed E-state index contributed by atoms with van der Waals surface area (Å²) >= 11 is 0. The van der Waals surface area contributed by atoms with E-state index in [1.807, 2.05) is 6.92 Å². The van der Waals surface area contributed by atoms with Crippen LogP contribution in [-0.4, -0.2) is 60.8 Å². The van der Waals surface area contributed by atoms with E-state index in [-0.39, 0.29) is 6.61 Å². The lowest BCUT2D eigenvalue weighted by Crippen LogP contribution is -2.47. The van der Waals surface area contributed by atoms with E-state index >= 15 is 0 Å². The molecule has 3 nitrogen and oxygen atoms in total. The Bertz CT molecular complexity index is 187. The summed E-state index contributed by atoms with van der Waals surface area (Å²) in [6.07, 6.45) is 0. The van der Waals surface area contributed by atoms with E-state index < -0.39 is 0 Å². The van der Waals surface area contributed by atoms with Gasteiger partial charge in [-0.05, 0) is 6.92 Å². The summed E-state index contributed by atoms with van der Waals surface area (Å²) < 4.78 is 0. The molecule has 0 unspecified atom stereocenters. The fourth-order valence-electron chi connectivity index (χ4n) is 1.50. The van der Waals surface area contributed by atoms with Crippen LogP contribution in [0.4, 0.5) is 0 Å². The molecule has 13 heavy (non-hydrogen) atoms. The van der Waals surface area contributed by atoms with Crippen LogP contribution < -0.4 is 0 Å². The van der Waals surface area contributed by atoms with Crippen molar-refractivity contribution in [3.63, 3.8) is 0 Å². The first kappa shape index (κ1) is 10.5. The van der Waals surface area contributed by atoms with Gasteiger partial charge in [-0.3, -0.25) is 9.80 Å². The predicted octanol–water partition coefficient (Wildman–Crippen LogP) is -0.380. The molecule has 0 aromatic carbocycles. The van der Waals surface area contributed by atoms with Crippen LogP contribution in [0, 0.1) is 11.8 Å². The van der Waals surface area contributed by atoms with Crippen molar-refractivity contribution in [3.05, 3.63) is 0 Å². The van der Waals surface area contributed by atoms with Gasteiger partial charge in [0.2, 0.25) is 0 Å². The lowest BCUT2D eigenvalue weighted by Gasteiger charge is -2.33. The SMILES string of the molecule is CC#CCN1CCN(CCO)CC1. The molecule has 0 aromatic heterocycles. The summed E-state index contributed by atoms with van der Waals surface area (Å²) in [6, 6.07) is 0. The molecule has 1 rings (SSSR count). The normalized spacial score (nSPS) is 19.5. The minimum absolute atomic E-state index is 0.273. The maximum Gasteiger partial charge on any atom is 0.0602 e. The highest BCUT2D eigenvalue weighted by Crippen LogP contribution is 1.99. The number of aliphatic hydroxyl groups is 1. The van der Waals surface area contributed by atoms with Crippen LogP contribution in [0.25, 0.3) is 0 Å². The van der Waals surface area contributed by atoms with Crippen molar-refractivity contribution in [2.75, 3.05) is 45.9 Å². The number of hydrogen-bond acceptors (Lipinski definition) is 3. The Kier molecular flexibility index (Phi) is 4.84. The van der Waals surface area contributed by atoms with Crippen molar-refractivity contribution < 1.29 is 5.11 Å². The van der Waals surface area contributed by atoms with Gasteiger partial charge in [-0.25, -0.2) is 0 Å². The van der Waals surface area contributed by atoms with Gasteiger partial charge in [-0.1, -0.05) is 5.92 Å². The Morgan fingerprint density at radius 1 is 1.15 bits per heavy atom. The van der Waals surface area contributed by atoms with Gasteiger partial charge in [0.25, 0.3) is 0 Å². The molecule has 1 heterocycles. The largest absolute Gasteiger partial charge is 0.395 e. The van der Waals surface area contributed by atoms with E-state index in [9.17, 15) is 0 Å². The second-order valence-electron chi connectivity index (χ2n) is 3.27. The molecular weight excluding hydrogens is 164 g/mol. The van der Waals surface area contributed by atoms with Crippen LogP contribution in [0.15, 0.2) is 0 Å². The number of aliphatic hydroxyl groups excluding tert-OH is 1. The fraction of sp³-hybridized carbons (Fsp3) is 0.800. The van der Waals surface area contributed by atoms with Crippen molar-refractivity contribution in [1.29, 1.82) is 0 Å². The van der Waals surface area contributed by atoms with E-state index in [0.717, 1.165) is 39.3 Å².